The summed E-state index contributed by atoms with van der Waals surface area (Å²) in [5, 5.41) is 1.60. The molecule has 1 fully saturated rings. The second kappa shape index (κ2) is 8.39. The zero-order valence-corrected chi connectivity index (χ0v) is 17.5. The van der Waals surface area contributed by atoms with Crippen molar-refractivity contribution in [2.45, 2.75) is 17.9 Å². The molecule has 1 aliphatic rings. The molecule has 1 aliphatic heterocycles. The maximum absolute atomic E-state index is 12.8. The molecule has 1 amide bonds. The number of hydrogen-bond donors (Lipinski definition) is 1. The molecule has 0 bridgehead atoms. The molecule has 4 aromatic rings. The first-order valence-electron chi connectivity index (χ1n) is 10.1. The Kier molecular flexibility index (Phi) is 5.30. The number of fused-ring (bicyclic) bond motifs is 1. The standard InChI is InChI=1S/C23H20N4O3S/c28-19(15-12-18(24-13-15)23(29)27-9-3-4-10-27)14-31-22-16-6-1-2-7-17(16)25-21(26-22)20-8-5-11-30-20/h1-2,5-8,11-13,24H,3-4,9-10,14H2. The van der Waals surface area contributed by atoms with E-state index in [0.29, 0.717) is 27.9 Å². The van der Waals surface area contributed by atoms with Crippen LogP contribution in [-0.4, -0.2) is 50.4 Å². The van der Waals surface area contributed by atoms with Gasteiger partial charge in [-0.05, 0) is 37.1 Å². The molecule has 1 saturated heterocycles. The van der Waals surface area contributed by atoms with Gasteiger partial charge in [0.25, 0.3) is 5.91 Å². The van der Waals surface area contributed by atoms with Crippen molar-refractivity contribution in [3.63, 3.8) is 0 Å². The first kappa shape index (κ1) is 19.6. The lowest BCUT2D eigenvalue weighted by molar-refractivity contribution is 0.0787. The fourth-order valence-corrected chi connectivity index (χ4v) is 4.57. The summed E-state index contributed by atoms with van der Waals surface area (Å²) in [6.07, 6.45) is 5.25. The third kappa shape index (κ3) is 3.98. The van der Waals surface area contributed by atoms with Gasteiger partial charge in [-0.25, -0.2) is 9.97 Å². The van der Waals surface area contributed by atoms with Gasteiger partial charge in [0.1, 0.15) is 10.7 Å². The molecule has 3 aromatic heterocycles. The van der Waals surface area contributed by atoms with Crippen molar-refractivity contribution in [1.29, 1.82) is 0 Å². The van der Waals surface area contributed by atoms with Crippen molar-refractivity contribution in [1.82, 2.24) is 19.9 Å². The number of nitrogens with one attached hydrogen (secondary N) is 1. The molecule has 0 unspecified atom stereocenters. The van der Waals surface area contributed by atoms with Gasteiger partial charge in [-0.2, -0.15) is 0 Å². The van der Waals surface area contributed by atoms with Crippen LogP contribution in [0.25, 0.3) is 22.5 Å². The maximum Gasteiger partial charge on any atom is 0.270 e. The predicted molar refractivity (Wildman–Crippen MR) is 118 cm³/mol. The van der Waals surface area contributed by atoms with Crippen LogP contribution in [0.1, 0.15) is 33.7 Å². The average molecular weight is 433 g/mol. The van der Waals surface area contributed by atoms with Gasteiger partial charge in [-0.1, -0.05) is 30.0 Å². The highest BCUT2D eigenvalue weighted by molar-refractivity contribution is 8.00. The molecule has 1 aromatic carbocycles. The number of H-pyrrole nitrogens is 1. The number of furan rings is 1. The molecule has 0 saturated carbocycles. The van der Waals surface area contributed by atoms with E-state index in [0.717, 1.165) is 36.8 Å². The highest BCUT2D eigenvalue weighted by Crippen LogP contribution is 2.29. The SMILES string of the molecule is O=C(CSc1nc(-c2ccco2)nc2ccccc12)c1c[nH]c(C(=O)N2CCCC2)c1. The zero-order chi connectivity index (χ0) is 21.2. The molecule has 0 spiro atoms. The predicted octanol–water partition coefficient (Wildman–Crippen LogP) is 4.43. The molecule has 31 heavy (non-hydrogen) atoms. The van der Waals surface area contributed by atoms with Gasteiger partial charge >= 0.3 is 0 Å². The lowest BCUT2D eigenvalue weighted by Gasteiger charge is -2.13. The summed E-state index contributed by atoms with van der Waals surface area (Å²) in [5.74, 6) is 1.15. The third-order valence-corrected chi connectivity index (χ3v) is 6.27. The van der Waals surface area contributed by atoms with Crippen LogP contribution in [0.15, 0.2) is 64.4 Å². The third-order valence-electron chi connectivity index (χ3n) is 5.28. The van der Waals surface area contributed by atoms with E-state index in [4.69, 9.17) is 4.42 Å². The molecule has 4 heterocycles. The number of Topliss-reactive ketones (excluding diaryl/α,β-unsaturated/α-hetero) is 1. The van der Waals surface area contributed by atoms with Crippen molar-refractivity contribution in [3.8, 4) is 11.6 Å². The normalized spacial score (nSPS) is 13.7. The molecule has 0 atom stereocenters. The summed E-state index contributed by atoms with van der Waals surface area (Å²) < 4.78 is 5.44. The smallest absolute Gasteiger partial charge is 0.270 e. The Hall–Kier alpha value is -3.39. The van der Waals surface area contributed by atoms with Gasteiger partial charge in [-0.3, -0.25) is 9.59 Å². The maximum atomic E-state index is 12.8. The van der Waals surface area contributed by atoms with Crippen molar-refractivity contribution >= 4 is 34.4 Å². The molecule has 7 nitrogen and oxygen atoms in total. The van der Waals surface area contributed by atoms with E-state index in [2.05, 4.69) is 15.0 Å². The van der Waals surface area contributed by atoms with Crippen molar-refractivity contribution in [2.24, 2.45) is 0 Å². The van der Waals surface area contributed by atoms with Crippen LogP contribution in [0.3, 0.4) is 0 Å². The summed E-state index contributed by atoms with van der Waals surface area (Å²) in [4.78, 5) is 39.3. The minimum absolute atomic E-state index is 0.0471. The molecular weight excluding hydrogens is 412 g/mol. The quantitative estimate of drug-likeness (QED) is 0.275. The number of hydrogen-bond acceptors (Lipinski definition) is 6. The number of ketones is 1. The number of thioether (sulfide) groups is 1. The Balaban J connectivity index is 1.35. The monoisotopic (exact) mass is 432 g/mol. The number of benzene rings is 1. The fourth-order valence-electron chi connectivity index (χ4n) is 3.66. The number of aromatic nitrogens is 3. The van der Waals surface area contributed by atoms with Gasteiger partial charge < -0.3 is 14.3 Å². The van der Waals surface area contributed by atoms with Crippen LogP contribution in [0.4, 0.5) is 0 Å². The van der Waals surface area contributed by atoms with Crippen LogP contribution in [0, 0.1) is 0 Å². The van der Waals surface area contributed by atoms with Crippen LogP contribution < -0.4 is 0 Å². The molecule has 1 N–H and O–H groups in total. The first-order valence-corrected chi connectivity index (χ1v) is 11.1. The van der Waals surface area contributed by atoms with E-state index in [9.17, 15) is 9.59 Å². The van der Waals surface area contributed by atoms with Gasteiger partial charge in [0, 0.05) is 30.2 Å². The Morgan fingerprint density at radius 1 is 1.10 bits per heavy atom. The molecule has 0 radical (unpaired) electrons. The number of nitrogens with zero attached hydrogens (tertiary/aromatic N) is 3. The van der Waals surface area contributed by atoms with Crippen molar-refractivity contribution < 1.29 is 14.0 Å². The number of carbonyl (C=O) groups is 2. The molecular formula is C23H20N4O3S. The summed E-state index contributed by atoms with van der Waals surface area (Å²) >= 11 is 1.36. The Morgan fingerprint density at radius 3 is 2.74 bits per heavy atom. The second-order valence-electron chi connectivity index (χ2n) is 7.36. The fraction of sp³-hybridized carbons (Fsp3) is 0.217. The summed E-state index contributed by atoms with van der Waals surface area (Å²) in [6.45, 7) is 1.55. The van der Waals surface area contributed by atoms with E-state index in [1.165, 1.54) is 11.8 Å². The van der Waals surface area contributed by atoms with Gasteiger partial charge in [0.05, 0.1) is 17.5 Å². The van der Waals surface area contributed by atoms with Crippen LogP contribution in [0.5, 0.6) is 0 Å². The van der Waals surface area contributed by atoms with Crippen LogP contribution >= 0.6 is 11.8 Å². The Bertz CT molecular complexity index is 1240. The molecule has 8 heteroatoms. The van der Waals surface area contributed by atoms with Crippen molar-refractivity contribution in [2.75, 3.05) is 18.8 Å². The van der Waals surface area contributed by atoms with Gasteiger partial charge in [0.15, 0.2) is 17.4 Å². The number of amides is 1. The summed E-state index contributed by atoms with van der Waals surface area (Å²) in [6, 6.07) is 12.9. The lowest BCUT2D eigenvalue weighted by atomic mass is 10.2. The number of rotatable bonds is 6. The van der Waals surface area contributed by atoms with E-state index in [1.54, 1.807) is 24.6 Å². The number of aromatic amines is 1. The Morgan fingerprint density at radius 2 is 1.94 bits per heavy atom. The number of para-hydroxylation sites is 1. The second-order valence-corrected chi connectivity index (χ2v) is 8.32. The van der Waals surface area contributed by atoms with E-state index in [-0.39, 0.29) is 17.4 Å². The largest absolute Gasteiger partial charge is 0.461 e. The minimum Gasteiger partial charge on any atom is -0.461 e. The zero-order valence-electron chi connectivity index (χ0n) is 16.7. The lowest BCUT2D eigenvalue weighted by Crippen LogP contribution is -2.27. The molecule has 156 valence electrons. The first-order chi connectivity index (χ1) is 15.2. The van der Waals surface area contributed by atoms with E-state index in [1.807, 2.05) is 35.2 Å². The highest BCUT2D eigenvalue weighted by atomic mass is 32.2. The number of likely N-dealkylation sites (tertiary alicyclic amines) is 1. The molecule has 5 rings (SSSR count). The van der Waals surface area contributed by atoms with E-state index < -0.39 is 0 Å². The number of carbonyl (C=O) groups excluding carboxylic acids is 2. The van der Waals surface area contributed by atoms with E-state index >= 15 is 0 Å². The summed E-state index contributed by atoms with van der Waals surface area (Å²) in [7, 11) is 0. The van der Waals surface area contributed by atoms with Crippen LogP contribution in [-0.2, 0) is 0 Å². The average Bonchev–Trinajstić information content (AvgIpc) is 3.58. The van der Waals surface area contributed by atoms with Gasteiger partial charge in [0.2, 0.25) is 0 Å². The Labute approximate surface area is 182 Å². The minimum atomic E-state index is -0.0658. The highest BCUT2D eigenvalue weighted by Gasteiger charge is 2.22. The topological polar surface area (TPSA) is 92.1 Å². The van der Waals surface area contributed by atoms with Crippen LogP contribution in [0.2, 0.25) is 0 Å². The van der Waals surface area contributed by atoms with Gasteiger partial charge in [-0.15, -0.1) is 0 Å². The van der Waals surface area contributed by atoms with Crippen molar-refractivity contribution in [3.05, 3.63) is 66.2 Å². The molecule has 0 aliphatic carbocycles. The summed E-state index contributed by atoms with van der Waals surface area (Å²) in [5.41, 5.74) is 1.75.